The van der Waals surface area contributed by atoms with E-state index < -0.39 is 11.5 Å². The van der Waals surface area contributed by atoms with Gasteiger partial charge in [0.15, 0.2) is 0 Å². The highest BCUT2D eigenvalue weighted by atomic mass is 19.3. The van der Waals surface area contributed by atoms with E-state index in [9.17, 15) is 8.78 Å². The number of fused-ring (bicyclic) bond motifs is 1. The molecule has 0 fully saturated rings. The van der Waals surface area contributed by atoms with Crippen LogP contribution in [0, 0.1) is 0 Å². The predicted molar refractivity (Wildman–Crippen MR) is 56.6 cm³/mol. The van der Waals surface area contributed by atoms with Crippen molar-refractivity contribution in [2.75, 3.05) is 0 Å². The zero-order valence-electron chi connectivity index (χ0n) is 9.01. The molecule has 0 aromatic heterocycles. The van der Waals surface area contributed by atoms with Crippen molar-refractivity contribution in [1.29, 1.82) is 0 Å². The molecule has 0 bridgehead atoms. The average Bonchev–Trinajstić information content (AvgIpc) is 2.15. The third-order valence-corrected chi connectivity index (χ3v) is 2.87. The topological polar surface area (TPSA) is 12.4 Å². The van der Waals surface area contributed by atoms with Crippen LogP contribution in [0.25, 0.3) is 0 Å². The Bertz CT molecular complexity index is 433. The maximum Gasteiger partial charge on any atom is 0.297 e. The minimum Gasteiger partial charge on any atom is -0.277 e. The van der Waals surface area contributed by atoms with Crippen LogP contribution in [0.15, 0.2) is 29.3 Å². The van der Waals surface area contributed by atoms with Crippen LogP contribution < -0.4 is 0 Å². The molecule has 0 aliphatic carbocycles. The van der Waals surface area contributed by atoms with E-state index in [2.05, 4.69) is 4.99 Å². The number of alkyl halides is 2. The Hall–Kier alpha value is -1.25. The van der Waals surface area contributed by atoms with Crippen LogP contribution in [-0.2, 0) is 5.92 Å². The normalized spacial score (nSPS) is 21.8. The molecule has 0 radical (unpaired) electrons. The number of nitrogens with zero attached hydrogens (tertiary/aromatic N) is 1. The lowest BCUT2D eigenvalue weighted by Gasteiger charge is -2.36. The van der Waals surface area contributed by atoms with Gasteiger partial charge in [-0.15, -0.1) is 0 Å². The molecule has 80 valence electrons. The van der Waals surface area contributed by atoms with E-state index in [1.54, 1.807) is 25.1 Å². The van der Waals surface area contributed by atoms with Crippen LogP contribution in [0.4, 0.5) is 8.78 Å². The molecular weight excluding hydrogens is 196 g/mol. The molecule has 1 aliphatic rings. The van der Waals surface area contributed by atoms with E-state index in [1.165, 1.54) is 19.9 Å². The summed E-state index contributed by atoms with van der Waals surface area (Å²) in [6, 6.07) is 6.57. The summed E-state index contributed by atoms with van der Waals surface area (Å²) in [4.78, 5) is 4.08. The van der Waals surface area contributed by atoms with Crippen molar-refractivity contribution in [3.8, 4) is 0 Å². The number of rotatable bonds is 0. The maximum absolute atomic E-state index is 14.0. The van der Waals surface area contributed by atoms with E-state index in [-0.39, 0.29) is 5.56 Å². The Balaban J connectivity index is 2.73. The fraction of sp³-hybridized carbons (Fsp3) is 0.417. The Morgan fingerprint density at radius 1 is 1.13 bits per heavy atom. The lowest BCUT2D eigenvalue weighted by Crippen LogP contribution is -2.43. The van der Waals surface area contributed by atoms with Crippen molar-refractivity contribution in [1.82, 2.24) is 0 Å². The first kappa shape index (κ1) is 10.3. The second-order valence-electron chi connectivity index (χ2n) is 4.38. The summed E-state index contributed by atoms with van der Waals surface area (Å²) in [6.07, 6.45) is 0. The van der Waals surface area contributed by atoms with Gasteiger partial charge in [0, 0.05) is 16.8 Å². The summed E-state index contributed by atoms with van der Waals surface area (Å²) in [6.45, 7) is 4.70. The number of halogens is 2. The van der Waals surface area contributed by atoms with Crippen molar-refractivity contribution in [2.45, 2.75) is 32.2 Å². The molecule has 0 saturated carbocycles. The first-order chi connectivity index (χ1) is 6.86. The van der Waals surface area contributed by atoms with E-state index in [1.807, 2.05) is 0 Å². The van der Waals surface area contributed by atoms with Crippen molar-refractivity contribution in [3.63, 3.8) is 0 Å². The van der Waals surface area contributed by atoms with Crippen molar-refractivity contribution < 1.29 is 8.78 Å². The standard InChI is InChI=1S/C12H13F2N/c1-8-9-6-4-5-7-10(9)12(13,14)11(2,3)15-8/h4-7H,1-3H3. The Morgan fingerprint density at radius 3 is 2.40 bits per heavy atom. The second-order valence-corrected chi connectivity index (χ2v) is 4.38. The monoisotopic (exact) mass is 209 g/mol. The molecule has 1 nitrogen and oxygen atoms in total. The molecule has 0 saturated heterocycles. The highest BCUT2D eigenvalue weighted by molar-refractivity contribution is 6.01. The smallest absolute Gasteiger partial charge is 0.277 e. The van der Waals surface area contributed by atoms with Gasteiger partial charge in [0.2, 0.25) is 0 Å². The predicted octanol–water partition coefficient (Wildman–Crippen LogP) is 3.38. The molecular formula is C12H13F2N. The zero-order chi connectivity index (χ0) is 11.3. The van der Waals surface area contributed by atoms with E-state index in [0.717, 1.165) is 0 Å². The molecule has 1 aliphatic heterocycles. The highest BCUT2D eigenvalue weighted by Crippen LogP contribution is 2.45. The summed E-state index contributed by atoms with van der Waals surface area (Å²) in [7, 11) is 0. The molecule has 1 aromatic carbocycles. The molecule has 15 heavy (non-hydrogen) atoms. The average molecular weight is 209 g/mol. The molecule has 1 heterocycles. The Labute approximate surface area is 87.8 Å². The van der Waals surface area contributed by atoms with Gasteiger partial charge in [-0.2, -0.15) is 8.78 Å². The third-order valence-electron chi connectivity index (χ3n) is 2.87. The molecule has 0 spiro atoms. The molecule has 0 atom stereocenters. The van der Waals surface area contributed by atoms with Gasteiger partial charge in [-0.25, -0.2) is 0 Å². The van der Waals surface area contributed by atoms with Crippen molar-refractivity contribution >= 4 is 5.71 Å². The number of aliphatic imine (C=N–C) groups is 1. The summed E-state index contributed by atoms with van der Waals surface area (Å²) in [5.74, 6) is -2.90. The van der Waals surface area contributed by atoms with Gasteiger partial charge in [-0.05, 0) is 20.8 Å². The fourth-order valence-corrected chi connectivity index (χ4v) is 1.95. The number of hydrogen-bond donors (Lipinski definition) is 0. The van der Waals surface area contributed by atoms with Crippen LogP contribution in [0.3, 0.4) is 0 Å². The molecule has 0 amide bonds. The van der Waals surface area contributed by atoms with E-state index >= 15 is 0 Å². The highest BCUT2D eigenvalue weighted by Gasteiger charge is 2.51. The maximum atomic E-state index is 14.0. The van der Waals surface area contributed by atoms with Crippen LogP contribution >= 0.6 is 0 Å². The minimum atomic E-state index is -2.90. The largest absolute Gasteiger partial charge is 0.297 e. The quantitative estimate of drug-likeness (QED) is 0.621. The third kappa shape index (κ3) is 1.29. The van der Waals surface area contributed by atoms with Crippen LogP contribution in [-0.4, -0.2) is 11.3 Å². The van der Waals surface area contributed by atoms with Gasteiger partial charge in [0.05, 0.1) is 0 Å². The van der Waals surface area contributed by atoms with Crippen LogP contribution in [0.2, 0.25) is 0 Å². The first-order valence-electron chi connectivity index (χ1n) is 4.90. The minimum absolute atomic E-state index is 0.0856. The Kier molecular flexibility index (Phi) is 1.97. The van der Waals surface area contributed by atoms with Gasteiger partial charge >= 0.3 is 0 Å². The number of hydrogen-bond acceptors (Lipinski definition) is 1. The van der Waals surface area contributed by atoms with E-state index in [0.29, 0.717) is 11.3 Å². The van der Waals surface area contributed by atoms with Crippen molar-refractivity contribution in [3.05, 3.63) is 35.4 Å². The lowest BCUT2D eigenvalue weighted by atomic mass is 9.83. The van der Waals surface area contributed by atoms with Crippen LogP contribution in [0.1, 0.15) is 31.9 Å². The van der Waals surface area contributed by atoms with Gasteiger partial charge in [0.1, 0.15) is 5.54 Å². The first-order valence-corrected chi connectivity index (χ1v) is 4.90. The lowest BCUT2D eigenvalue weighted by molar-refractivity contribution is -0.0682. The molecule has 3 heteroatoms. The fourth-order valence-electron chi connectivity index (χ4n) is 1.95. The Morgan fingerprint density at radius 2 is 1.73 bits per heavy atom. The summed E-state index contributed by atoms with van der Waals surface area (Å²) < 4.78 is 28.1. The summed E-state index contributed by atoms with van der Waals surface area (Å²) in [5.41, 5.74) is -0.0309. The van der Waals surface area contributed by atoms with Gasteiger partial charge in [-0.1, -0.05) is 24.3 Å². The number of benzene rings is 1. The second kappa shape index (κ2) is 2.87. The van der Waals surface area contributed by atoms with E-state index in [4.69, 9.17) is 0 Å². The zero-order valence-corrected chi connectivity index (χ0v) is 9.01. The molecule has 2 rings (SSSR count). The molecule has 1 aromatic rings. The van der Waals surface area contributed by atoms with Crippen molar-refractivity contribution in [2.24, 2.45) is 4.99 Å². The molecule has 0 unspecified atom stereocenters. The molecule has 0 N–H and O–H groups in total. The SMILES string of the molecule is CC1=NC(C)(C)C(F)(F)c2ccccc21. The van der Waals surface area contributed by atoms with Crippen LogP contribution in [0.5, 0.6) is 0 Å². The summed E-state index contributed by atoms with van der Waals surface area (Å²) >= 11 is 0. The van der Waals surface area contributed by atoms with Gasteiger partial charge in [-0.3, -0.25) is 4.99 Å². The van der Waals surface area contributed by atoms with Gasteiger partial charge < -0.3 is 0 Å². The van der Waals surface area contributed by atoms with Gasteiger partial charge in [0.25, 0.3) is 5.92 Å². The summed E-state index contributed by atoms with van der Waals surface area (Å²) in [5, 5.41) is 0.